The summed E-state index contributed by atoms with van der Waals surface area (Å²) < 4.78 is 12.9. The SMILES string of the molecule is CCCCCCCC/C=C\CCCCCCCCOCC(COCCCCCCCC(C)(C)[Si](O)(c1ccccc1)c1ccccc1)CC(C)(C)[Si](O)(c1ccccc1)c1ccccc1. The molecule has 1 atom stereocenters. The highest BCUT2D eigenvalue weighted by Gasteiger charge is 2.51. The lowest BCUT2D eigenvalue weighted by Crippen LogP contribution is -2.65. The average molecular weight is 920 g/mol. The predicted molar refractivity (Wildman–Crippen MR) is 285 cm³/mol. The molecule has 0 aliphatic rings. The van der Waals surface area contributed by atoms with Crippen molar-refractivity contribution in [2.75, 3.05) is 26.4 Å². The zero-order valence-corrected chi connectivity index (χ0v) is 43.7. The van der Waals surface area contributed by atoms with Gasteiger partial charge in [-0.3, -0.25) is 0 Å². The minimum absolute atomic E-state index is 0.185. The molecule has 0 fully saturated rings. The fourth-order valence-electron chi connectivity index (χ4n) is 10.1. The van der Waals surface area contributed by atoms with Crippen LogP contribution in [0.15, 0.2) is 133 Å². The zero-order valence-electron chi connectivity index (χ0n) is 41.7. The molecule has 65 heavy (non-hydrogen) atoms. The van der Waals surface area contributed by atoms with E-state index in [2.05, 4.69) is 144 Å². The normalized spacial score (nSPS) is 13.2. The van der Waals surface area contributed by atoms with Crippen LogP contribution in [0.25, 0.3) is 0 Å². The first-order valence-corrected chi connectivity index (χ1v) is 29.9. The van der Waals surface area contributed by atoms with Gasteiger partial charge in [-0.15, -0.1) is 0 Å². The van der Waals surface area contributed by atoms with Crippen molar-refractivity contribution in [1.29, 1.82) is 0 Å². The monoisotopic (exact) mass is 919 g/mol. The third-order valence-corrected chi connectivity index (χ3v) is 23.2. The van der Waals surface area contributed by atoms with Gasteiger partial charge in [-0.25, -0.2) is 0 Å². The average Bonchev–Trinajstić information content (AvgIpc) is 3.33. The Balaban J connectivity index is 1.22. The van der Waals surface area contributed by atoms with Crippen molar-refractivity contribution in [2.45, 2.75) is 180 Å². The molecule has 4 nitrogen and oxygen atoms in total. The molecule has 4 aromatic rings. The van der Waals surface area contributed by atoms with Crippen LogP contribution >= 0.6 is 0 Å². The Hall–Kier alpha value is -3.11. The summed E-state index contributed by atoms with van der Waals surface area (Å²) in [5, 5.41) is 3.72. The number of rotatable bonds is 36. The second-order valence-corrected chi connectivity index (χ2v) is 28.2. The van der Waals surface area contributed by atoms with Gasteiger partial charge in [0.25, 0.3) is 16.6 Å². The highest BCUT2D eigenvalue weighted by atomic mass is 28.4. The number of ether oxygens (including phenoxy) is 2. The summed E-state index contributed by atoms with van der Waals surface area (Å²) in [5.41, 5.74) is 0. The molecule has 1 unspecified atom stereocenters. The van der Waals surface area contributed by atoms with E-state index in [1.807, 2.05) is 24.3 Å². The molecule has 2 N–H and O–H groups in total. The third-order valence-electron chi connectivity index (χ3n) is 14.1. The first-order chi connectivity index (χ1) is 31.6. The lowest BCUT2D eigenvalue weighted by atomic mass is 9.97. The van der Waals surface area contributed by atoms with E-state index in [1.54, 1.807) is 0 Å². The standard InChI is InChI=1S/C59H90O4Si2/c1-6-7-8-9-10-11-12-13-14-15-16-17-18-19-22-37-48-62-51-53(50-59(4,5)65(61,56-43-32-26-33-44-56)57-45-34-27-35-46-57)52-63-49-38-23-20-21-36-47-58(2,3)64(60,54-39-28-24-29-40-54)55-41-30-25-31-42-55/h13-14,24-35,39-46,53,60-61H,6-12,15-23,36-38,47-52H2,1-5H3/b14-13-. The van der Waals surface area contributed by atoms with Gasteiger partial charge >= 0.3 is 0 Å². The zero-order chi connectivity index (χ0) is 46.5. The van der Waals surface area contributed by atoms with Gasteiger partial charge in [0.15, 0.2) is 0 Å². The van der Waals surface area contributed by atoms with Gasteiger partial charge in [0.05, 0.1) is 13.2 Å². The molecule has 0 aromatic heterocycles. The minimum atomic E-state index is -3.15. The summed E-state index contributed by atoms with van der Waals surface area (Å²) in [6.45, 7) is 14.2. The van der Waals surface area contributed by atoms with E-state index >= 15 is 0 Å². The van der Waals surface area contributed by atoms with Crippen LogP contribution in [-0.2, 0) is 9.47 Å². The van der Waals surface area contributed by atoms with Crippen LogP contribution in [0, 0.1) is 5.92 Å². The van der Waals surface area contributed by atoms with E-state index in [0.717, 1.165) is 78.9 Å². The van der Waals surface area contributed by atoms with Crippen molar-refractivity contribution in [1.82, 2.24) is 0 Å². The van der Waals surface area contributed by atoms with Crippen molar-refractivity contribution >= 4 is 37.4 Å². The molecule has 0 aliphatic carbocycles. The molecule has 0 radical (unpaired) electrons. The van der Waals surface area contributed by atoms with Crippen LogP contribution in [-0.4, -0.2) is 52.7 Å². The molecule has 4 aromatic carbocycles. The fourth-order valence-corrected chi connectivity index (χ4v) is 17.7. The van der Waals surface area contributed by atoms with E-state index in [1.165, 1.54) is 89.9 Å². The summed E-state index contributed by atoms with van der Waals surface area (Å²) in [4.78, 5) is 25.5. The Kier molecular flexibility index (Phi) is 25.4. The molecule has 0 aliphatic heterocycles. The first kappa shape index (κ1) is 54.5. The minimum Gasteiger partial charge on any atom is -0.424 e. The van der Waals surface area contributed by atoms with Crippen LogP contribution < -0.4 is 20.7 Å². The fraction of sp³-hybridized carbons (Fsp3) is 0.559. The molecule has 0 bridgehead atoms. The van der Waals surface area contributed by atoms with E-state index in [9.17, 15) is 9.59 Å². The topological polar surface area (TPSA) is 58.9 Å². The second kappa shape index (κ2) is 30.3. The van der Waals surface area contributed by atoms with E-state index in [4.69, 9.17) is 9.47 Å². The van der Waals surface area contributed by atoms with E-state index in [-0.39, 0.29) is 16.0 Å². The van der Waals surface area contributed by atoms with Crippen LogP contribution in [0.3, 0.4) is 0 Å². The van der Waals surface area contributed by atoms with E-state index in [0.29, 0.717) is 13.2 Å². The molecule has 0 amide bonds. The van der Waals surface area contributed by atoms with Crippen molar-refractivity contribution in [3.05, 3.63) is 133 Å². The van der Waals surface area contributed by atoms with Crippen LogP contribution in [0.5, 0.6) is 0 Å². The maximum atomic E-state index is 12.9. The van der Waals surface area contributed by atoms with Gasteiger partial charge in [-0.2, -0.15) is 0 Å². The number of benzene rings is 4. The van der Waals surface area contributed by atoms with Crippen LogP contribution in [0.1, 0.15) is 169 Å². The molecular formula is C59H90O4Si2. The van der Waals surface area contributed by atoms with Gasteiger partial charge in [-0.1, -0.05) is 252 Å². The molecule has 6 heteroatoms. The highest BCUT2D eigenvalue weighted by molar-refractivity contribution is 6.99. The lowest BCUT2D eigenvalue weighted by Gasteiger charge is -2.43. The number of hydrogen-bond acceptors (Lipinski definition) is 4. The Bertz CT molecular complexity index is 1720. The summed E-state index contributed by atoms with van der Waals surface area (Å²) in [6.07, 6.45) is 30.5. The summed E-state index contributed by atoms with van der Waals surface area (Å²) in [7, 11) is -6.12. The second-order valence-electron chi connectivity index (χ2n) is 20.3. The maximum absolute atomic E-state index is 12.9. The number of hydrogen-bond donors (Lipinski definition) is 2. The van der Waals surface area contributed by atoms with Gasteiger partial charge in [0, 0.05) is 19.1 Å². The van der Waals surface area contributed by atoms with E-state index < -0.39 is 16.6 Å². The summed E-state index contributed by atoms with van der Waals surface area (Å²) in [5.74, 6) is 0.185. The van der Waals surface area contributed by atoms with Gasteiger partial charge in [0.1, 0.15) is 0 Å². The molecule has 0 saturated carbocycles. The van der Waals surface area contributed by atoms with Gasteiger partial charge in [0.2, 0.25) is 0 Å². The van der Waals surface area contributed by atoms with Crippen molar-refractivity contribution < 1.29 is 19.1 Å². The van der Waals surface area contributed by atoms with Gasteiger partial charge in [-0.05, 0) is 82.2 Å². The maximum Gasteiger partial charge on any atom is 0.258 e. The van der Waals surface area contributed by atoms with Gasteiger partial charge < -0.3 is 19.1 Å². The Morgan fingerprint density at radius 1 is 0.431 bits per heavy atom. The number of allylic oxidation sites excluding steroid dienone is 2. The number of unbranched alkanes of at least 4 members (excludes halogenated alkanes) is 16. The van der Waals surface area contributed by atoms with Crippen LogP contribution in [0.4, 0.5) is 0 Å². The predicted octanol–water partition coefficient (Wildman–Crippen LogP) is 13.5. The summed E-state index contributed by atoms with van der Waals surface area (Å²) in [6, 6.07) is 41.6. The molecule has 358 valence electrons. The smallest absolute Gasteiger partial charge is 0.258 e. The third kappa shape index (κ3) is 17.8. The molecule has 0 saturated heterocycles. The Morgan fingerprint density at radius 2 is 0.754 bits per heavy atom. The Morgan fingerprint density at radius 3 is 1.14 bits per heavy atom. The summed E-state index contributed by atoms with van der Waals surface area (Å²) >= 11 is 0. The molecular weight excluding hydrogens is 829 g/mol. The highest BCUT2D eigenvalue weighted by Crippen LogP contribution is 2.42. The van der Waals surface area contributed by atoms with Crippen molar-refractivity contribution in [2.24, 2.45) is 5.92 Å². The molecule has 0 heterocycles. The van der Waals surface area contributed by atoms with Crippen molar-refractivity contribution in [3.8, 4) is 0 Å². The molecule has 4 rings (SSSR count). The quantitative estimate of drug-likeness (QED) is 0.0271. The first-order valence-electron chi connectivity index (χ1n) is 26.0. The molecule has 0 spiro atoms. The van der Waals surface area contributed by atoms with Crippen LogP contribution in [0.2, 0.25) is 10.1 Å². The lowest BCUT2D eigenvalue weighted by molar-refractivity contribution is 0.0292. The van der Waals surface area contributed by atoms with Crippen molar-refractivity contribution in [3.63, 3.8) is 0 Å². The Labute approximate surface area is 400 Å². The largest absolute Gasteiger partial charge is 0.424 e.